The molecule has 0 aromatic heterocycles. The molecule has 1 aliphatic carbocycles. The zero-order valence-electron chi connectivity index (χ0n) is 27.9. The van der Waals surface area contributed by atoms with Gasteiger partial charge >= 0.3 is 0 Å². The van der Waals surface area contributed by atoms with Crippen LogP contribution < -0.4 is 5.73 Å². The van der Waals surface area contributed by atoms with E-state index in [4.69, 9.17) is 10.7 Å². The molecular formula is C47H38N2. The Hall–Kier alpha value is -5.99. The summed E-state index contributed by atoms with van der Waals surface area (Å²) >= 11 is 0. The average molecular weight is 631 g/mol. The Balaban J connectivity index is 1.19. The van der Waals surface area contributed by atoms with Gasteiger partial charge in [0.15, 0.2) is 0 Å². The van der Waals surface area contributed by atoms with E-state index < -0.39 is 0 Å². The highest BCUT2D eigenvalue weighted by atomic mass is 14.9. The minimum absolute atomic E-state index is 0.0877. The first-order chi connectivity index (χ1) is 24.0. The van der Waals surface area contributed by atoms with Gasteiger partial charge in [-0.2, -0.15) is 0 Å². The zero-order valence-corrected chi connectivity index (χ0v) is 27.9. The van der Waals surface area contributed by atoms with Crippen molar-refractivity contribution in [3.05, 3.63) is 198 Å². The van der Waals surface area contributed by atoms with Gasteiger partial charge in [0.1, 0.15) is 5.84 Å². The van der Waals surface area contributed by atoms with Crippen molar-refractivity contribution >= 4 is 11.5 Å². The summed E-state index contributed by atoms with van der Waals surface area (Å²) in [5, 5.41) is 0. The largest absolute Gasteiger partial charge is 0.383 e. The van der Waals surface area contributed by atoms with Gasteiger partial charge in [-0.1, -0.05) is 166 Å². The molecule has 7 aromatic carbocycles. The van der Waals surface area contributed by atoms with Crippen molar-refractivity contribution < 1.29 is 0 Å². The number of hydrogen-bond donors (Lipinski definition) is 1. The molecule has 236 valence electrons. The van der Waals surface area contributed by atoms with Crippen LogP contribution in [0, 0.1) is 0 Å². The molecule has 2 N–H and O–H groups in total. The molecule has 0 aliphatic heterocycles. The Morgan fingerprint density at radius 1 is 0.510 bits per heavy atom. The van der Waals surface area contributed by atoms with E-state index in [1.807, 2.05) is 0 Å². The SMILES string of the molecule is CC1(C)c2ccccc2-c2c1ccc(N=C(N)c1cccc(-c3cccc(-c4ccccc4-c4ccccc4)c3)c1)c2Cc1ccccc1. The Morgan fingerprint density at radius 2 is 1.08 bits per heavy atom. The molecule has 0 amide bonds. The van der Waals surface area contributed by atoms with E-state index in [-0.39, 0.29) is 5.41 Å². The molecule has 0 atom stereocenters. The predicted octanol–water partition coefficient (Wildman–Crippen LogP) is 11.6. The number of nitrogens with two attached hydrogens (primary N) is 1. The molecule has 8 rings (SSSR count). The first-order valence-electron chi connectivity index (χ1n) is 17.0. The molecule has 2 nitrogen and oxygen atoms in total. The summed E-state index contributed by atoms with van der Waals surface area (Å²) in [5.41, 5.74) is 23.4. The van der Waals surface area contributed by atoms with Gasteiger partial charge in [-0.05, 0) is 85.0 Å². The molecule has 1 aliphatic rings. The summed E-state index contributed by atoms with van der Waals surface area (Å²) in [6.07, 6.45) is 0.776. The molecule has 7 aromatic rings. The van der Waals surface area contributed by atoms with E-state index in [1.54, 1.807) is 0 Å². The lowest BCUT2D eigenvalue weighted by atomic mass is 9.82. The molecular weight excluding hydrogens is 593 g/mol. The molecule has 0 spiro atoms. The van der Waals surface area contributed by atoms with Gasteiger partial charge in [-0.15, -0.1) is 0 Å². The fourth-order valence-corrected chi connectivity index (χ4v) is 7.46. The fourth-order valence-electron chi connectivity index (χ4n) is 7.46. The number of aliphatic imine (C=N–C) groups is 1. The molecule has 0 saturated carbocycles. The van der Waals surface area contributed by atoms with Crippen LogP contribution in [0.15, 0.2) is 175 Å². The fraction of sp³-hybridized carbons (Fsp3) is 0.0851. The lowest BCUT2D eigenvalue weighted by molar-refractivity contribution is 0.660. The number of amidine groups is 1. The molecule has 0 radical (unpaired) electrons. The van der Waals surface area contributed by atoms with E-state index in [9.17, 15) is 0 Å². The lowest BCUT2D eigenvalue weighted by Crippen LogP contribution is -2.15. The molecule has 0 unspecified atom stereocenters. The van der Waals surface area contributed by atoms with E-state index in [0.29, 0.717) is 5.84 Å². The van der Waals surface area contributed by atoms with Gasteiger partial charge < -0.3 is 5.73 Å². The predicted molar refractivity (Wildman–Crippen MR) is 206 cm³/mol. The molecule has 49 heavy (non-hydrogen) atoms. The van der Waals surface area contributed by atoms with E-state index in [2.05, 4.69) is 184 Å². The molecule has 0 heterocycles. The summed E-state index contributed by atoms with van der Waals surface area (Å²) < 4.78 is 0. The quantitative estimate of drug-likeness (QED) is 0.138. The van der Waals surface area contributed by atoms with Crippen LogP contribution >= 0.6 is 0 Å². The Kier molecular flexibility index (Phi) is 7.78. The monoisotopic (exact) mass is 630 g/mol. The van der Waals surface area contributed by atoms with Crippen LogP contribution in [0.4, 0.5) is 5.69 Å². The second-order valence-corrected chi connectivity index (χ2v) is 13.4. The topological polar surface area (TPSA) is 38.4 Å². The molecule has 0 bridgehead atoms. The Morgan fingerprint density at radius 3 is 1.84 bits per heavy atom. The number of nitrogens with zero attached hydrogens (tertiary/aromatic N) is 1. The minimum atomic E-state index is -0.0877. The van der Waals surface area contributed by atoms with Crippen molar-refractivity contribution in [2.75, 3.05) is 0 Å². The standard InChI is InChI=1S/C47H38N2/c1-47(2)42-26-12-11-25-40(42)45-41(29-32-15-5-3-6-16-32)44(28-27-43(45)47)49-46(48)37-22-14-20-35(31-37)34-19-13-21-36(30-34)39-24-10-9-23-38(39)33-17-7-4-8-18-33/h3-28,30-31H,29H2,1-2H3,(H2,48,49). The maximum absolute atomic E-state index is 6.88. The highest BCUT2D eigenvalue weighted by molar-refractivity contribution is 6.01. The third kappa shape index (κ3) is 5.66. The number of hydrogen-bond acceptors (Lipinski definition) is 1. The minimum Gasteiger partial charge on any atom is -0.383 e. The van der Waals surface area contributed by atoms with Crippen molar-refractivity contribution in [3.8, 4) is 44.5 Å². The highest BCUT2D eigenvalue weighted by Crippen LogP contribution is 2.52. The van der Waals surface area contributed by atoms with Crippen molar-refractivity contribution in [1.29, 1.82) is 0 Å². The third-order valence-corrected chi connectivity index (χ3v) is 9.97. The smallest absolute Gasteiger partial charge is 0.131 e. The number of benzene rings is 7. The summed E-state index contributed by atoms with van der Waals surface area (Å²) in [4.78, 5) is 5.16. The lowest BCUT2D eigenvalue weighted by Gasteiger charge is -2.22. The van der Waals surface area contributed by atoms with Crippen LogP contribution in [0.2, 0.25) is 0 Å². The molecule has 0 saturated heterocycles. The van der Waals surface area contributed by atoms with E-state index >= 15 is 0 Å². The number of rotatable bonds is 7. The number of fused-ring (bicyclic) bond motifs is 3. The van der Waals surface area contributed by atoms with Crippen LogP contribution in [0.1, 0.15) is 41.7 Å². The van der Waals surface area contributed by atoms with E-state index in [0.717, 1.165) is 28.8 Å². The zero-order chi connectivity index (χ0) is 33.4. The van der Waals surface area contributed by atoms with Crippen molar-refractivity contribution in [3.63, 3.8) is 0 Å². The Labute approximate surface area is 289 Å². The summed E-state index contributed by atoms with van der Waals surface area (Å²) in [7, 11) is 0. The van der Waals surface area contributed by atoms with Gasteiger partial charge in [0, 0.05) is 17.4 Å². The highest BCUT2D eigenvalue weighted by Gasteiger charge is 2.37. The average Bonchev–Trinajstić information content (AvgIpc) is 3.39. The maximum Gasteiger partial charge on any atom is 0.131 e. The Bertz CT molecular complexity index is 2330. The third-order valence-electron chi connectivity index (χ3n) is 9.97. The van der Waals surface area contributed by atoms with Crippen LogP contribution in [-0.2, 0) is 11.8 Å². The second-order valence-electron chi connectivity index (χ2n) is 13.4. The van der Waals surface area contributed by atoms with Crippen molar-refractivity contribution in [2.45, 2.75) is 25.7 Å². The van der Waals surface area contributed by atoms with Crippen molar-refractivity contribution in [1.82, 2.24) is 0 Å². The van der Waals surface area contributed by atoms with Gasteiger partial charge in [0.2, 0.25) is 0 Å². The second kappa shape index (κ2) is 12.6. The molecule has 0 fully saturated rings. The van der Waals surface area contributed by atoms with Gasteiger partial charge in [-0.25, -0.2) is 4.99 Å². The molecule has 2 heteroatoms. The van der Waals surface area contributed by atoms with Crippen LogP contribution in [-0.4, -0.2) is 5.84 Å². The van der Waals surface area contributed by atoms with Gasteiger partial charge in [0.05, 0.1) is 5.69 Å². The van der Waals surface area contributed by atoms with Gasteiger partial charge in [-0.3, -0.25) is 0 Å². The maximum atomic E-state index is 6.88. The van der Waals surface area contributed by atoms with Crippen LogP contribution in [0.3, 0.4) is 0 Å². The first-order valence-corrected chi connectivity index (χ1v) is 17.0. The summed E-state index contributed by atoms with van der Waals surface area (Å²) in [6, 6.07) is 60.3. The summed E-state index contributed by atoms with van der Waals surface area (Å²) in [6.45, 7) is 4.64. The normalized spacial score (nSPS) is 13.1. The van der Waals surface area contributed by atoms with E-state index in [1.165, 1.54) is 55.6 Å². The van der Waals surface area contributed by atoms with Crippen LogP contribution in [0.5, 0.6) is 0 Å². The first kappa shape index (κ1) is 30.4. The van der Waals surface area contributed by atoms with Crippen LogP contribution in [0.25, 0.3) is 44.5 Å². The summed E-state index contributed by atoms with van der Waals surface area (Å²) in [5.74, 6) is 0.507. The van der Waals surface area contributed by atoms with Gasteiger partial charge in [0.25, 0.3) is 0 Å². The van der Waals surface area contributed by atoms with Crippen molar-refractivity contribution in [2.24, 2.45) is 10.7 Å².